The van der Waals surface area contributed by atoms with Gasteiger partial charge in [-0.2, -0.15) is 0 Å². The molecule has 6 unspecified atom stereocenters. The second-order valence-electron chi connectivity index (χ2n) is 19.1. The van der Waals surface area contributed by atoms with Crippen LogP contribution in [0.2, 0.25) is 0 Å². The Balaban J connectivity index is 1.43. The highest BCUT2D eigenvalue weighted by molar-refractivity contribution is 7.96. The Morgan fingerprint density at radius 3 is 2.07 bits per heavy atom. The number of carbonyl (C=O) groups excluding carboxylic acids is 7. The fourth-order valence-electron chi connectivity index (χ4n) is 9.52. The van der Waals surface area contributed by atoms with Crippen LogP contribution in [0, 0.1) is 23.7 Å². The maximum absolute atomic E-state index is 14.1. The minimum Gasteiger partial charge on any atom is -0.379 e. The van der Waals surface area contributed by atoms with Gasteiger partial charge in [0.15, 0.2) is 5.12 Å². The molecule has 0 radical (unpaired) electrons. The molecule has 4 N–H and O–H groups in total. The van der Waals surface area contributed by atoms with Crippen LogP contribution in [0.3, 0.4) is 0 Å². The fourth-order valence-corrected chi connectivity index (χ4v) is 9.78. The summed E-state index contributed by atoms with van der Waals surface area (Å²) in [6, 6.07) is 5.85. The van der Waals surface area contributed by atoms with E-state index in [-0.39, 0.29) is 72.6 Å². The van der Waals surface area contributed by atoms with E-state index in [1.165, 1.54) is 14.2 Å². The van der Waals surface area contributed by atoms with Crippen LogP contribution < -0.4 is 21.4 Å². The zero-order chi connectivity index (χ0) is 50.5. The third-order valence-corrected chi connectivity index (χ3v) is 13.9. The summed E-state index contributed by atoms with van der Waals surface area (Å²) in [7, 11) is 8.36. The molecule has 0 aliphatic carbocycles. The number of ether oxygens (including phenoxy) is 2. The first-order valence-electron chi connectivity index (χ1n) is 24.4. The number of nitrogens with zero attached hydrogens (tertiary/aromatic N) is 4. The molecule has 2 heterocycles. The molecule has 1 aromatic carbocycles. The molecule has 2 saturated heterocycles. The Labute approximate surface area is 410 Å². The summed E-state index contributed by atoms with van der Waals surface area (Å²) in [5.74, 6) is -2.38. The van der Waals surface area contributed by atoms with Crippen molar-refractivity contribution >= 4 is 58.9 Å². The van der Waals surface area contributed by atoms with E-state index >= 15 is 0 Å². The highest BCUT2D eigenvalue weighted by Crippen LogP contribution is 2.29. The van der Waals surface area contributed by atoms with E-state index in [9.17, 15) is 33.6 Å². The summed E-state index contributed by atoms with van der Waals surface area (Å²) >= 11 is 3.97. The van der Waals surface area contributed by atoms with Gasteiger partial charge in [-0.15, -0.1) is 12.6 Å². The number of amides is 6. The van der Waals surface area contributed by atoms with Crippen molar-refractivity contribution in [2.24, 2.45) is 23.7 Å². The third-order valence-electron chi connectivity index (χ3n) is 13.6. The summed E-state index contributed by atoms with van der Waals surface area (Å²) in [6.07, 6.45) is 5.61. The molecule has 0 bridgehead atoms. The normalized spacial score (nSPS) is 18.3. The van der Waals surface area contributed by atoms with Crippen LogP contribution in [0.15, 0.2) is 24.3 Å². The van der Waals surface area contributed by atoms with Crippen molar-refractivity contribution in [1.29, 1.82) is 0 Å². The van der Waals surface area contributed by atoms with Gasteiger partial charge in [0, 0.05) is 45.8 Å². The van der Waals surface area contributed by atoms with Crippen molar-refractivity contribution in [3.8, 4) is 0 Å². The van der Waals surface area contributed by atoms with Crippen LogP contribution in [-0.4, -0.2) is 165 Å². The summed E-state index contributed by atoms with van der Waals surface area (Å²) < 4.78 is 11.8. The molecule has 1 aromatic rings. The SMILES string of the molecule is CCC(C)C(C(CC(=O)N1CCCC1C(OC)[C@@H](C)C(=O)NCC(=O)NOCc1ccc(NC(=O)CCCCCN2CCC(C(=O)S)CC2)cc1)OC)N(C)C(=O)CNC(=O)C(C(C)C)N(C)C. The van der Waals surface area contributed by atoms with Gasteiger partial charge in [-0.1, -0.05) is 59.6 Å². The average Bonchev–Trinajstić information content (AvgIpc) is 3.79. The zero-order valence-electron chi connectivity index (χ0n) is 42.3. The number of nitrogens with one attached hydrogen (secondary N) is 4. The molecule has 2 aliphatic rings. The molecule has 6 amide bonds. The van der Waals surface area contributed by atoms with Gasteiger partial charge in [-0.05, 0) is 102 Å². The van der Waals surface area contributed by atoms with Crippen molar-refractivity contribution < 1.29 is 47.9 Å². The van der Waals surface area contributed by atoms with E-state index in [0.29, 0.717) is 31.5 Å². The lowest BCUT2D eigenvalue weighted by Crippen LogP contribution is -2.55. The number of hydrogen-bond donors (Lipinski definition) is 5. The molecule has 0 aromatic heterocycles. The number of anilines is 1. The van der Waals surface area contributed by atoms with E-state index in [0.717, 1.165) is 63.7 Å². The van der Waals surface area contributed by atoms with Gasteiger partial charge in [-0.25, -0.2) is 5.48 Å². The van der Waals surface area contributed by atoms with Crippen LogP contribution in [-0.2, 0) is 54.5 Å². The topological polar surface area (TPSA) is 208 Å². The zero-order valence-corrected chi connectivity index (χ0v) is 43.2. The Bertz CT molecular complexity index is 1770. The number of likely N-dealkylation sites (N-methyl/N-ethyl adjacent to an activating group) is 2. The molecule has 0 saturated carbocycles. The number of rotatable bonds is 29. The molecule has 3 rings (SSSR count). The Morgan fingerprint density at radius 2 is 1.49 bits per heavy atom. The van der Waals surface area contributed by atoms with E-state index < -0.39 is 48.1 Å². The summed E-state index contributed by atoms with van der Waals surface area (Å²) in [5, 5.41) is 8.36. The lowest BCUT2D eigenvalue weighted by molar-refractivity contribution is -0.146. The number of hydroxylamine groups is 1. The van der Waals surface area contributed by atoms with Crippen LogP contribution in [0.25, 0.3) is 0 Å². The molecule has 2 aliphatic heterocycles. The number of unbranched alkanes of at least 4 members (excludes halogenated alkanes) is 2. The standard InChI is InChI=1S/C49H82N8O10S/c1-11-33(4)45(55(8)43(61)30-51-48(63)44(32(2)3)54(6)7)39(65-9)28-42(60)57-25-15-16-38(57)46(66-10)34(5)47(62)50-29-41(59)53-67-31-35-18-20-37(21-19-35)52-40(58)17-13-12-14-24-56-26-22-36(23-27-56)49(64)68/h18-21,32-34,36,38-39,44-46H,11-17,22-31H2,1-10H3,(H,50,62)(H,51,63)(H,52,58)(H,53,59)(H,64,68)/t33?,34-,38?,39?,44?,45?,46?/m1/s1. The van der Waals surface area contributed by atoms with Crippen molar-refractivity contribution in [3.63, 3.8) is 0 Å². The minimum absolute atomic E-state index is 0.00888. The Hall–Kier alpha value is -4.14. The van der Waals surface area contributed by atoms with Crippen LogP contribution in [0.5, 0.6) is 0 Å². The van der Waals surface area contributed by atoms with Gasteiger partial charge in [0.1, 0.15) is 0 Å². The largest absolute Gasteiger partial charge is 0.379 e. The maximum atomic E-state index is 14.1. The quantitative estimate of drug-likeness (QED) is 0.0443. The number of methoxy groups -OCH3 is 2. The first-order chi connectivity index (χ1) is 32.3. The predicted molar refractivity (Wildman–Crippen MR) is 264 cm³/mol. The lowest BCUT2D eigenvalue weighted by atomic mass is 9.90. The van der Waals surface area contributed by atoms with Gasteiger partial charge in [0.2, 0.25) is 29.5 Å². The molecule has 68 heavy (non-hydrogen) atoms. The first-order valence-corrected chi connectivity index (χ1v) is 24.8. The Kier molecular flexibility index (Phi) is 25.5. The highest BCUT2D eigenvalue weighted by atomic mass is 32.1. The first kappa shape index (κ1) is 58.2. The van der Waals surface area contributed by atoms with Gasteiger partial charge in [-0.3, -0.25) is 43.3 Å². The van der Waals surface area contributed by atoms with Crippen LogP contribution >= 0.6 is 12.6 Å². The lowest BCUT2D eigenvalue weighted by Gasteiger charge is -2.39. The molecule has 384 valence electrons. The molecular formula is C49H82N8O10S. The fraction of sp³-hybridized carbons (Fsp3) is 0.735. The number of hydrogen-bond acceptors (Lipinski definition) is 12. The van der Waals surface area contributed by atoms with E-state index in [1.807, 2.05) is 46.7 Å². The highest BCUT2D eigenvalue weighted by Gasteiger charge is 2.42. The molecule has 19 heteroatoms. The van der Waals surface area contributed by atoms with Gasteiger partial charge in [0.25, 0.3) is 5.91 Å². The van der Waals surface area contributed by atoms with Gasteiger partial charge >= 0.3 is 0 Å². The van der Waals surface area contributed by atoms with Gasteiger partial charge < -0.3 is 40.1 Å². The second-order valence-corrected chi connectivity index (χ2v) is 19.5. The Morgan fingerprint density at radius 1 is 0.824 bits per heavy atom. The number of benzene rings is 1. The molecule has 0 spiro atoms. The summed E-state index contributed by atoms with van der Waals surface area (Å²) in [6.45, 7) is 12.4. The number of likely N-dealkylation sites (tertiary alicyclic amines) is 2. The van der Waals surface area contributed by atoms with E-state index in [2.05, 4.69) is 39.0 Å². The molecular weight excluding hydrogens is 893 g/mol. The molecule has 7 atom stereocenters. The van der Waals surface area contributed by atoms with Crippen molar-refractivity contribution in [1.82, 2.24) is 35.7 Å². The summed E-state index contributed by atoms with van der Waals surface area (Å²) in [4.78, 5) is 103. The van der Waals surface area contributed by atoms with Crippen LogP contribution in [0.4, 0.5) is 5.69 Å². The third kappa shape index (κ3) is 18.3. The number of thiol groups is 1. The maximum Gasteiger partial charge on any atom is 0.262 e. The predicted octanol–water partition coefficient (Wildman–Crippen LogP) is 3.64. The number of piperidine rings is 1. The molecule has 2 fully saturated rings. The smallest absolute Gasteiger partial charge is 0.262 e. The van der Waals surface area contributed by atoms with Crippen LogP contribution in [0.1, 0.15) is 104 Å². The van der Waals surface area contributed by atoms with Crippen molar-refractivity contribution in [2.45, 2.75) is 136 Å². The van der Waals surface area contributed by atoms with Crippen molar-refractivity contribution in [2.75, 3.05) is 79.9 Å². The minimum atomic E-state index is -0.718. The van der Waals surface area contributed by atoms with Gasteiger partial charge in [0.05, 0.1) is 62.4 Å². The molecule has 18 nitrogen and oxygen atoms in total. The average molecular weight is 975 g/mol. The van der Waals surface area contributed by atoms with E-state index in [4.69, 9.17) is 14.3 Å². The number of carbonyl (C=O) groups is 7. The summed E-state index contributed by atoms with van der Waals surface area (Å²) in [5.41, 5.74) is 3.77. The van der Waals surface area contributed by atoms with E-state index in [1.54, 1.807) is 48.0 Å². The second kappa shape index (κ2) is 29.8. The monoisotopic (exact) mass is 975 g/mol. The van der Waals surface area contributed by atoms with Crippen molar-refractivity contribution in [3.05, 3.63) is 29.8 Å².